The summed E-state index contributed by atoms with van der Waals surface area (Å²) in [4.78, 5) is 25.1. The first kappa shape index (κ1) is 12.4. The van der Waals surface area contributed by atoms with Crippen LogP contribution in [0, 0.1) is 11.3 Å². The molecule has 4 heteroatoms. The molecule has 2 aliphatic rings. The summed E-state index contributed by atoms with van der Waals surface area (Å²) in [5.74, 6) is -0.772. The van der Waals surface area contributed by atoms with E-state index in [0.29, 0.717) is 13.0 Å². The fourth-order valence-electron chi connectivity index (χ4n) is 3.27. The zero-order chi connectivity index (χ0) is 12.6. The topological polar surface area (TPSA) is 57.6 Å². The molecule has 2 unspecified atom stereocenters. The molecule has 0 aromatic rings. The van der Waals surface area contributed by atoms with Crippen LogP contribution in [0.1, 0.15) is 46.0 Å². The van der Waals surface area contributed by atoms with E-state index in [1.165, 1.54) is 0 Å². The Kier molecular flexibility index (Phi) is 3.15. The molecule has 1 amide bonds. The highest BCUT2D eigenvalue weighted by Gasteiger charge is 2.44. The fraction of sp³-hybridized carbons (Fsp3) is 0.846. The van der Waals surface area contributed by atoms with Gasteiger partial charge in [0.05, 0.1) is 0 Å². The van der Waals surface area contributed by atoms with Gasteiger partial charge in [-0.3, -0.25) is 4.79 Å². The predicted molar refractivity (Wildman–Crippen MR) is 63.5 cm³/mol. The van der Waals surface area contributed by atoms with Gasteiger partial charge in [0.25, 0.3) is 0 Å². The number of hydrogen-bond acceptors (Lipinski definition) is 2. The van der Waals surface area contributed by atoms with Crippen LogP contribution in [0.5, 0.6) is 0 Å². The molecule has 1 N–H and O–H groups in total. The van der Waals surface area contributed by atoms with Gasteiger partial charge in [0, 0.05) is 12.5 Å². The Morgan fingerprint density at radius 1 is 1.24 bits per heavy atom. The third kappa shape index (κ3) is 2.17. The minimum absolute atomic E-state index is 0.0162. The number of nitrogens with zero attached hydrogens (tertiary/aromatic N) is 1. The smallest absolute Gasteiger partial charge is 0.326 e. The molecule has 0 aromatic heterocycles. The molecule has 1 heterocycles. The second-order valence-electron chi connectivity index (χ2n) is 5.96. The number of carbonyl (C=O) groups is 2. The van der Waals surface area contributed by atoms with E-state index < -0.39 is 12.0 Å². The van der Waals surface area contributed by atoms with Gasteiger partial charge in [0.15, 0.2) is 0 Å². The third-order valence-corrected chi connectivity index (χ3v) is 4.38. The molecule has 1 aliphatic heterocycles. The average Bonchev–Trinajstić information content (AvgIpc) is 2.82. The van der Waals surface area contributed by atoms with Crippen molar-refractivity contribution in [3.63, 3.8) is 0 Å². The van der Waals surface area contributed by atoms with Crippen LogP contribution in [0.3, 0.4) is 0 Å². The number of carboxylic acid groups (broad SMARTS) is 1. The lowest BCUT2D eigenvalue weighted by atomic mass is 9.81. The normalized spacial score (nSPS) is 31.8. The molecule has 0 bridgehead atoms. The van der Waals surface area contributed by atoms with Crippen LogP contribution in [0.25, 0.3) is 0 Å². The molecule has 1 saturated heterocycles. The van der Waals surface area contributed by atoms with E-state index in [1.807, 2.05) is 0 Å². The lowest BCUT2D eigenvalue weighted by molar-refractivity contribution is -0.151. The number of likely N-dealkylation sites (tertiary alicyclic amines) is 1. The van der Waals surface area contributed by atoms with Crippen LogP contribution in [0.2, 0.25) is 0 Å². The molecular formula is C13H21NO3. The highest BCUT2D eigenvalue weighted by molar-refractivity contribution is 5.86. The zero-order valence-corrected chi connectivity index (χ0v) is 10.6. The van der Waals surface area contributed by atoms with Crippen molar-refractivity contribution in [2.75, 3.05) is 6.54 Å². The molecule has 0 radical (unpaired) electrons. The number of hydrogen-bond donors (Lipinski definition) is 1. The average molecular weight is 239 g/mol. The Hall–Kier alpha value is -1.06. The summed E-state index contributed by atoms with van der Waals surface area (Å²) in [7, 11) is 0. The molecule has 2 atom stereocenters. The first-order chi connectivity index (χ1) is 7.93. The van der Waals surface area contributed by atoms with E-state index in [4.69, 9.17) is 5.11 Å². The zero-order valence-electron chi connectivity index (χ0n) is 10.6. The van der Waals surface area contributed by atoms with Gasteiger partial charge < -0.3 is 10.0 Å². The van der Waals surface area contributed by atoms with E-state index in [-0.39, 0.29) is 17.2 Å². The van der Waals surface area contributed by atoms with E-state index in [0.717, 1.165) is 25.7 Å². The molecule has 17 heavy (non-hydrogen) atoms. The summed E-state index contributed by atoms with van der Waals surface area (Å²) in [6.45, 7) is 4.85. The van der Waals surface area contributed by atoms with Gasteiger partial charge in [-0.05, 0) is 31.1 Å². The fourth-order valence-corrected chi connectivity index (χ4v) is 3.27. The van der Waals surface area contributed by atoms with Crippen molar-refractivity contribution >= 4 is 11.9 Å². The van der Waals surface area contributed by atoms with Crippen molar-refractivity contribution in [3.05, 3.63) is 0 Å². The molecule has 0 aromatic carbocycles. The van der Waals surface area contributed by atoms with Gasteiger partial charge in [-0.1, -0.05) is 20.3 Å². The lowest BCUT2D eigenvalue weighted by Crippen LogP contribution is -2.45. The Labute approximate surface area is 102 Å². The summed E-state index contributed by atoms with van der Waals surface area (Å²) in [5.41, 5.74) is 0.0305. The van der Waals surface area contributed by atoms with E-state index >= 15 is 0 Å². The minimum Gasteiger partial charge on any atom is -0.480 e. The molecule has 1 aliphatic carbocycles. The predicted octanol–water partition coefficient (Wildman–Crippen LogP) is 1.89. The largest absolute Gasteiger partial charge is 0.480 e. The van der Waals surface area contributed by atoms with Gasteiger partial charge in [0.1, 0.15) is 6.04 Å². The number of amides is 1. The van der Waals surface area contributed by atoms with Crippen LogP contribution in [0.4, 0.5) is 0 Å². The Morgan fingerprint density at radius 3 is 2.47 bits per heavy atom. The molecule has 1 saturated carbocycles. The van der Waals surface area contributed by atoms with Crippen molar-refractivity contribution in [3.8, 4) is 0 Å². The summed E-state index contributed by atoms with van der Waals surface area (Å²) >= 11 is 0. The quantitative estimate of drug-likeness (QED) is 0.800. The van der Waals surface area contributed by atoms with E-state index in [9.17, 15) is 9.59 Å². The number of carboxylic acids is 1. The summed E-state index contributed by atoms with van der Waals surface area (Å²) < 4.78 is 0. The maximum Gasteiger partial charge on any atom is 0.326 e. The molecule has 2 rings (SSSR count). The van der Waals surface area contributed by atoms with Crippen LogP contribution >= 0.6 is 0 Å². The highest BCUT2D eigenvalue weighted by atomic mass is 16.4. The lowest BCUT2D eigenvalue weighted by Gasteiger charge is -2.31. The number of rotatable bonds is 2. The summed E-state index contributed by atoms with van der Waals surface area (Å²) in [5, 5.41) is 9.11. The Morgan fingerprint density at radius 2 is 1.94 bits per heavy atom. The maximum atomic E-state index is 12.4. The van der Waals surface area contributed by atoms with Crippen LogP contribution in [-0.4, -0.2) is 34.5 Å². The monoisotopic (exact) mass is 239 g/mol. The minimum atomic E-state index is -0.855. The van der Waals surface area contributed by atoms with E-state index in [1.54, 1.807) is 4.90 Å². The summed E-state index contributed by atoms with van der Waals surface area (Å²) in [6, 6.07) is -0.584. The number of aliphatic carboxylic acids is 1. The van der Waals surface area contributed by atoms with Gasteiger partial charge in [0.2, 0.25) is 5.91 Å². The second kappa shape index (κ2) is 4.31. The second-order valence-corrected chi connectivity index (χ2v) is 5.96. The van der Waals surface area contributed by atoms with E-state index in [2.05, 4.69) is 13.8 Å². The molecule has 0 spiro atoms. The Balaban J connectivity index is 2.12. The van der Waals surface area contributed by atoms with Crippen LogP contribution in [0.15, 0.2) is 0 Å². The van der Waals surface area contributed by atoms with Crippen LogP contribution < -0.4 is 0 Å². The third-order valence-electron chi connectivity index (χ3n) is 4.38. The van der Waals surface area contributed by atoms with Gasteiger partial charge in [-0.15, -0.1) is 0 Å². The molecule has 4 nitrogen and oxygen atoms in total. The molecule has 96 valence electrons. The molecular weight excluding hydrogens is 218 g/mol. The van der Waals surface area contributed by atoms with Crippen molar-refractivity contribution < 1.29 is 14.7 Å². The van der Waals surface area contributed by atoms with Crippen LogP contribution in [-0.2, 0) is 9.59 Å². The number of carbonyl (C=O) groups excluding carboxylic acids is 1. The molecule has 2 fully saturated rings. The van der Waals surface area contributed by atoms with Gasteiger partial charge in [-0.2, -0.15) is 0 Å². The first-order valence-electron chi connectivity index (χ1n) is 6.47. The first-order valence-corrected chi connectivity index (χ1v) is 6.47. The SMILES string of the molecule is CC1(C)CCCC1C(=O)N1CCCC1C(=O)O. The van der Waals surface area contributed by atoms with Gasteiger partial charge in [-0.25, -0.2) is 4.79 Å². The van der Waals surface area contributed by atoms with Crippen molar-refractivity contribution in [2.45, 2.75) is 52.0 Å². The van der Waals surface area contributed by atoms with Gasteiger partial charge >= 0.3 is 5.97 Å². The highest BCUT2D eigenvalue weighted by Crippen LogP contribution is 2.44. The maximum absolute atomic E-state index is 12.4. The van der Waals surface area contributed by atoms with Crippen molar-refractivity contribution in [2.24, 2.45) is 11.3 Å². The summed E-state index contributed by atoms with van der Waals surface area (Å²) in [6.07, 6.45) is 4.47. The Bertz CT molecular complexity index is 338. The van der Waals surface area contributed by atoms with Crippen molar-refractivity contribution in [1.82, 2.24) is 4.90 Å². The van der Waals surface area contributed by atoms with Crippen molar-refractivity contribution in [1.29, 1.82) is 0 Å². The standard InChI is InChI=1S/C13H21NO3/c1-13(2)7-3-5-9(13)11(15)14-8-4-6-10(14)12(16)17/h9-10H,3-8H2,1-2H3,(H,16,17).